The average molecular weight is 400 g/mol. The van der Waals surface area contributed by atoms with Gasteiger partial charge in [0.25, 0.3) is 0 Å². The molecule has 1 atom stereocenters. The zero-order valence-corrected chi connectivity index (χ0v) is 17.6. The fourth-order valence-electron chi connectivity index (χ4n) is 4.27. The molecule has 28 heavy (non-hydrogen) atoms. The molecule has 1 aromatic carbocycles. The van der Waals surface area contributed by atoms with Crippen molar-refractivity contribution in [2.75, 3.05) is 51.3 Å². The number of carbonyl (C=O) groups excluding carboxylic acids is 1. The smallest absolute Gasteiger partial charge is 0.223 e. The first kappa shape index (κ1) is 19.3. The van der Waals surface area contributed by atoms with Crippen molar-refractivity contribution in [1.82, 2.24) is 9.80 Å². The zero-order valence-electron chi connectivity index (χ0n) is 16.8. The second kappa shape index (κ2) is 8.53. The second-order valence-electron chi connectivity index (χ2n) is 7.58. The van der Waals surface area contributed by atoms with Crippen molar-refractivity contribution >= 4 is 22.9 Å². The van der Waals surface area contributed by atoms with Crippen molar-refractivity contribution in [3.05, 3.63) is 46.2 Å². The van der Waals surface area contributed by atoms with E-state index in [1.54, 1.807) is 7.11 Å². The fraction of sp³-hybridized carbons (Fsp3) is 0.500. The van der Waals surface area contributed by atoms with Crippen molar-refractivity contribution in [2.24, 2.45) is 0 Å². The van der Waals surface area contributed by atoms with Gasteiger partial charge in [-0.15, -0.1) is 11.3 Å². The molecule has 0 unspecified atom stereocenters. The van der Waals surface area contributed by atoms with Gasteiger partial charge in [0.2, 0.25) is 5.91 Å². The summed E-state index contributed by atoms with van der Waals surface area (Å²) in [6.45, 7) is 7.56. The van der Waals surface area contributed by atoms with Crippen molar-refractivity contribution in [1.29, 1.82) is 0 Å². The maximum atomic E-state index is 12.7. The van der Waals surface area contributed by atoms with Gasteiger partial charge in [-0.3, -0.25) is 9.69 Å². The van der Waals surface area contributed by atoms with E-state index < -0.39 is 0 Å². The highest BCUT2D eigenvalue weighted by atomic mass is 32.1. The van der Waals surface area contributed by atoms with E-state index in [9.17, 15) is 4.79 Å². The van der Waals surface area contributed by atoms with Gasteiger partial charge >= 0.3 is 0 Å². The number of carbonyl (C=O) groups is 1. The molecule has 0 spiro atoms. The van der Waals surface area contributed by atoms with Crippen LogP contribution < -0.4 is 9.64 Å². The van der Waals surface area contributed by atoms with Gasteiger partial charge in [0.15, 0.2) is 0 Å². The largest absolute Gasteiger partial charge is 0.497 e. The number of anilines is 1. The Morgan fingerprint density at radius 2 is 1.86 bits per heavy atom. The number of thiophene rings is 1. The Morgan fingerprint density at radius 1 is 1.11 bits per heavy atom. The summed E-state index contributed by atoms with van der Waals surface area (Å²) >= 11 is 1.87. The Labute approximate surface area is 171 Å². The van der Waals surface area contributed by atoms with Crippen molar-refractivity contribution < 1.29 is 9.53 Å². The van der Waals surface area contributed by atoms with E-state index in [4.69, 9.17) is 4.74 Å². The van der Waals surface area contributed by atoms with E-state index in [0.29, 0.717) is 12.5 Å². The van der Waals surface area contributed by atoms with E-state index in [1.807, 2.05) is 28.4 Å². The molecule has 0 bridgehead atoms. The average Bonchev–Trinajstić information content (AvgIpc) is 3.23. The minimum atomic E-state index is 0.290. The van der Waals surface area contributed by atoms with Crippen LogP contribution in [0.2, 0.25) is 0 Å². The third kappa shape index (κ3) is 4.03. The molecule has 1 fully saturated rings. The molecule has 1 aromatic heterocycles. The van der Waals surface area contributed by atoms with Crippen LogP contribution in [0.3, 0.4) is 0 Å². The van der Waals surface area contributed by atoms with Crippen LogP contribution in [0.1, 0.15) is 29.8 Å². The van der Waals surface area contributed by atoms with E-state index in [2.05, 4.69) is 40.3 Å². The SMILES string of the molecule is COc1ccc(N2CCN(C(=O)CCN3CCc4sccc4[C@H]3C)CC2)cc1. The number of methoxy groups -OCH3 is 1. The Balaban J connectivity index is 1.25. The summed E-state index contributed by atoms with van der Waals surface area (Å²) in [6.07, 6.45) is 1.73. The van der Waals surface area contributed by atoms with Gasteiger partial charge in [-0.05, 0) is 54.6 Å². The molecule has 0 saturated carbocycles. The van der Waals surface area contributed by atoms with Crippen LogP contribution in [0.15, 0.2) is 35.7 Å². The standard InChI is InChI=1S/C22H29N3O2S/c1-17-20-9-16-28-21(20)7-10-23(17)11-8-22(26)25-14-12-24(13-15-25)18-3-5-19(27-2)6-4-18/h3-6,9,16-17H,7-8,10-15H2,1-2H3/t17-/m1/s1. The monoisotopic (exact) mass is 399 g/mol. The lowest BCUT2D eigenvalue weighted by Crippen LogP contribution is -2.49. The molecule has 6 heteroatoms. The number of hydrogen-bond donors (Lipinski definition) is 0. The van der Waals surface area contributed by atoms with Gasteiger partial charge in [0, 0.05) is 62.3 Å². The van der Waals surface area contributed by atoms with Crippen LogP contribution >= 0.6 is 11.3 Å². The maximum Gasteiger partial charge on any atom is 0.223 e. The lowest BCUT2D eigenvalue weighted by molar-refractivity contribution is -0.132. The fourth-order valence-corrected chi connectivity index (χ4v) is 5.23. The summed E-state index contributed by atoms with van der Waals surface area (Å²) < 4.78 is 5.23. The van der Waals surface area contributed by atoms with E-state index >= 15 is 0 Å². The maximum absolute atomic E-state index is 12.7. The van der Waals surface area contributed by atoms with Gasteiger partial charge in [-0.2, -0.15) is 0 Å². The molecule has 4 rings (SSSR count). The summed E-state index contributed by atoms with van der Waals surface area (Å²) in [5, 5.41) is 2.19. The summed E-state index contributed by atoms with van der Waals surface area (Å²) in [7, 11) is 1.68. The number of amides is 1. The van der Waals surface area contributed by atoms with Crippen LogP contribution in [0.5, 0.6) is 5.75 Å². The molecule has 2 aliphatic rings. The van der Waals surface area contributed by atoms with Gasteiger partial charge < -0.3 is 14.5 Å². The molecule has 1 saturated heterocycles. The van der Waals surface area contributed by atoms with Crippen LogP contribution in [-0.2, 0) is 11.2 Å². The molecular formula is C22H29N3O2S. The van der Waals surface area contributed by atoms with Gasteiger partial charge in [0.05, 0.1) is 7.11 Å². The number of nitrogens with zero attached hydrogens (tertiary/aromatic N) is 3. The van der Waals surface area contributed by atoms with E-state index in [1.165, 1.54) is 16.1 Å². The highest BCUT2D eigenvalue weighted by Crippen LogP contribution is 2.32. The molecule has 0 radical (unpaired) electrons. The molecule has 0 aliphatic carbocycles. The Bertz CT molecular complexity index is 796. The molecule has 2 aliphatic heterocycles. The number of piperazine rings is 1. The first-order valence-electron chi connectivity index (χ1n) is 10.1. The third-order valence-electron chi connectivity index (χ3n) is 6.09. The molecule has 150 valence electrons. The Hall–Kier alpha value is -2.05. The molecule has 1 amide bonds. The third-order valence-corrected chi connectivity index (χ3v) is 7.08. The summed E-state index contributed by atoms with van der Waals surface area (Å²) in [4.78, 5) is 21.1. The number of rotatable bonds is 5. The Kier molecular flexibility index (Phi) is 5.87. The predicted molar refractivity (Wildman–Crippen MR) is 114 cm³/mol. The van der Waals surface area contributed by atoms with Crippen LogP contribution in [-0.4, -0.2) is 62.1 Å². The minimum Gasteiger partial charge on any atom is -0.497 e. The molecule has 2 aromatic rings. The summed E-state index contributed by atoms with van der Waals surface area (Å²) in [6, 6.07) is 10.8. The second-order valence-corrected chi connectivity index (χ2v) is 8.58. The van der Waals surface area contributed by atoms with E-state index in [0.717, 1.165) is 51.4 Å². The lowest BCUT2D eigenvalue weighted by Gasteiger charge is -2.37. The topological polar surface area (TPSA) is 36.0 Å². The summed E-state index contributed by atoms with van der Waals surface area (Å²) in [5.41, 5.74) is 2.65. The number of ether oxygens (including phenoxy) is 1. The molecular weight excluding hydrogens is 370 g/mol. The Morgan fingerprint density at radius 3 is 2.57 bits per heavy atom. The van der Waals surface area contributed by atoms with Crippen molar-refractivity contribution in [3.63, 3.8) is 0 Å². The van der Waals surface area contributed by atoms with Gasteiger partial charge in [-0.25, -0.2) is 0 Å². The number of fused-ring (bicyclic) bond motifs is 1. The number of benzene rings is 1. The van der Waals surface area contributed by atoms with Crippen molar-refractivity contribution in [3.8, 4) is 5.75 Å². The first-order valence-corrected chi connectivity index (χ1v) is 11.0. The summed E-state index contributed by atoms with van der Waals surface area (Å²) in [5.74, 6) is 1.16. The van der Waals surface area contributed by atoms with Gasteiger partial charge in [-0.1, -0.05) is 0 Å². The molecule has 5 nitrogen and oxygen atoms in total. The number of hydrogen-bond acceptors (Lipinski definition) is 5. The lowest BCUT2D eigenvalue weighted by atomic mass is 10.0. The van der Waals surface area contributed by atoms with Crippen molar-refractivity contribution in [2.45, 2.75) is 25.8 Å². The van der Waals surface area contributed by atoms with Gasteiger partial charge in [0.1, 0.15) is 5.75 Å². The first-order chi connectivity index (χ1) is 13.7. The quantitative estimate of drug-likeness (QED) is 0.772. The highest BCUT2D eigenvalue weighted by molar-refractivity contribution is 7.10. The normalized spacial score (nSPS) is 20.1. The molecule has 3 heterocycles. The van der Waals surface area contributed by atoms with Crippen LogP contribution in [0.25, 0.3) is 0 Å². The molecule has 0 N–H and O–H groups in total. The predicted octanol–water partition coefficient (Wildman–Crippen LogP) is 3.41. The van der Waals surface area contributed by atoms with E-state index in [-0.39, 0.29) is 5.91 Å². The zero-order chi connectivity index (χ0) is 19.5. The van der Waals surface area contributed by atoms with Crippen LogP contribution in [0.4, 0.5) is 5.69 Å². The highest BCUT2D eigenvalue weighted by Gasteiger charge is 2.26. The van der Waals surface area contributed by atoms with Crippen LogP contribution in [0, 0.1) is 0 Å². The minimum absolute atomic E-state index is 0.290.